The summed E-state index contributed by atoms with van der Waals surface area (Å²) in [5.41, 5.74) is 0.348. The maximum atomic E-state index is 13.3. The Morgan fingerprint density at radius 2 is 2.05 bits per heavy atom. The van der Waals surface area contributed by atoms with E-state index >= 15 is 0 Å². The van der Waals surface area contributed by atoms with Crippen molar-refractivity contribution in [2.45, 2.75) is 19.8 Å². The number of benzene rings is 2. The Kier molecular flexibility index (Phi) is 4.56. The lowest BCUT2D eigenvalue weighted by molar-refractivity contribution is 0.0498. The lowest BCUT2D eigenvalue weighted by Gasteiger charge is -2.11. The first kappa shape index (κ1) is 14.3. The summed E-state index contributed by atoms with van der Waals surface area (Å²) in [6.45, 7) is 2.39. The SMILES string of the molecule is CCCCOC(=O)c1c(OC)ccc2cc(F)ccc12. The average Bonchev–Trinajstić information content (AvgIpc) is 2.45. The number of carbonyl (C=O) groups is 1. The summed E-state index contributed by atoms with van der Waals surface area (Å²) < 4.78 is 23.7. The topological polar surface area (TPSA) is 35.5 Å². The fraction of sp³-hybridized carbons (Fsp3) is 0.312. The van der Waals surface area contributed by atoms with Crippen LogP contribution in [0.5, 0.6) is 5.75 Å². The van der Waals surface area contributed by atoms with Crippen molar-refractivity contribution in [1.82, 2.24) is 0 Å². The zero-order valence-electron chi connectivity index (χ0n) is 11.6. The molecule has 0 aliphatic carbocycles. The van der Waals surface area contributed by atoms with Gasteiger partial charge in [-0.3, -0.25) is 0 Å². The van der Waals surface area contributed by atoms with Crippen molar-refractivity contribution in [3.63, 3.8) is 0 Å². The highest BCUT2D eigenvalue weighted by Crippen LogP contribution is 2.29. The van der Waals surface area contributed by atoms with E-state index in [2.05, 4.69) is 0 Å². The number of fused-ring (bicyclic) bond motifs is 1. The summed E-state index contributed by atoms with van der Waals surface area (Å²) in [5, 5.41) is 1.28. The Morgan fingerprint density at radius 1 is 1.25 bits per heavy atom. The Bertz CT molecular complexity index is 622. The van der Waals surface area contributed by atoms with E-state index < -0.39 is 5.97 Å². The molecular formula is C16H17FO3. The Labute approximate surface area is 117 Å². The van der Waals surface area contributed by atoms with E-state index in [0.29, 0.717) is 28.7 Å². The van der Waals surface area contributed by atoms with Crippen LogP contribution < -0.4 is 4.74 Å². The molecule has 0 aliphatic rings. The van der Waals surface area contributed by atoms with Crippen LogP contribution in [0.2, 0.25) is 0 Å². The van der Waals surface area contributed by atoms with Crippen molar-refractivity contribution < 1.29 is 18.7 Å². The van der Waals surface area contributed by atoms with E-state index in [1.807, 2.05) is 6.92 Å². The maximum Gasteiger partial charge on any atom is 0.342 e. The summed E-state index contributed by atoms with van der Waals surface area (Å²) in [4.78, 5) is 12.2. The molecule has 2 aromatic rings. The number of carbonyl (C=O) groups excluding carboxylic acids is 1. The monoisotopic (exact) mass is 276 g/mol. The van der Waals surface area contributed by atoms with Gasteiger partial charge in [0.1, 0.15) is 17.1 Å². The van der Waals surface area contributed by atoms with E-state index in [-0.39, 0.29) is 5.82 Å². The van der Waals surface area contributed by atoms with Crippen LogP contribution in [0.4, 0.5) is 4.39 Å². The van der Waals surface area contributed by atoms with Gasteiger partial charge < -0.3 is 9.47 Å². The van der Waals surface area contributed by atoms with Crippen molar-refractivity contribution in [3.05, 3.63) is 41.7 Å². The van der Waals surface area contributed by atoms with Crippen LogP contribution in [0.25, 0.3) is 10.8 Å². The first-order valence-electron chi connectivity index (χ1n) is 6.60. The zero-order valence-corrected chi connectivity index (χ0v) is 11.6. The molecule has 0 aliphatic heterocycles. The third-order valence-corrected chi connectivity index (χ3v) is 3.10. The van der Waals surface area contributed by atoms with Crippen LogP contribution >= 0.6 is 0 Å². The lowest BCUT2D eigenvalue weighted by Crippen LogP contribution is -2.09. The summed E-state index contributed by atoms with van der Waals surface area (Å²) in [7, 11) is 1.49. The normalized spacial score (nSPS) is 10.6. The van der Waals surface area contributed by atoms with E-state index in [9.17, 15) is 9.18 Å². The predicted molar refractivity (Wildman–Crippen MR) is 75.6 cm³/mol. The largest absolute Gasteiger partial charge is 0.496 e. The average molecular weight is 276 g/mol. The van der Waals surface area contributed by atoms with Crippen molar-refractivity contribution in [2.24, 2.45) is 0 Å². The molecule has 0 unspecified atom stereocenters. The number of esters is 1. The molecule has 0 fully saturated rings. The fourth-order valence-corrected chi connectivity index (χ4v) is 2.04. The molecule has 0 atom stereocenters. The van der Waals surface area contributed by atoms with Crippen molar-refractivity contribution in [1.29, 1.82) is 0 Å². The van der Waals surface area contributed by atoms with Gasteiger partial charge in [0, 0.05) is 5.39 Å². The quantitative estimate of drug-likeness (QED) is 0.613. The van der Waals surface area contributed by atoms with Gasteiger partial charge in [-0.25, -0.2) is 9.18 Å². The molecule has 0 heterocycles. The van der Waals surface area contributed by atoms with Crippen molar-refractivity contribution in [3.8, 4) is 5.75 Å². The number of rotatable bonds is 5. The summed E-state index contributed by atoms with van der Waals surface area (Å²) >= 11 is 0. The van der Waals surface area contributed by atoms with Gasteiger partial charge in [0.15, 0.2) is 0 Å². The fourth-order valence-electron chi connectivity index (χ4n) is 2.04. The Balaban J connectivity index is 2.45. The number of halogens is 1. The third-order valence-electron chi connectivity index (χ3n) is 3.10. The van der Waals surface area contributed by atoms with Gasteiger partial charge in [-0.15, -0.1) is 0 Å². The Morgan fingerprint density at radius 3 is 2.75 bits per heavy atom. The zero-order chi connectivity index (χ0) is 14.5. The van der Waals surface area contributed by atoms with Crippen LogP contribution in [0.1, 0.15) is 30.1 Å². The van der Waals surface area contributed by atoms with Gasteiger partial charge >= 0.3 is 5.97 Å². The van der Waals surface area contributed by atoms with Crippen LogP contribution in [0, 0.1) is 5.82 Å². The van der Waals surface area contributed by atoms with Gasteiger partial charge in [-0.2, -0.15) is 0 Å². The molecule has 0 N–H and O–H groups in total. The molecule has 0 radical (unpaired) electrons. The van der Waals surface area contributed by atoms with Crippen LogP contribution in [-0.4, -0.2) is 19.7 Å². The molecular weight excluding hydrogens is 259 g/mol. The van der Waals surface area contributed by atoms with Crippen molar-refractivity contribution in [2.75, 3.05) is 13.7 Å². The molecule has 0 saturated heterocycles. The number of hydrogen-bond donors (Lipinski definition) is 0. The third kappa shape index (κ3) is 2.90. The molecule has 106 valence electrons. The highest BCUT2D eigenvalue weighted by atomic mass is 19.1. The van der Waals surface area contributed by atoms with Crippen LogP contribution in [0.3, 0.4) is 0 Å². The molecule has 4 heteroatoms. The number of hydrogen-bond acceptors (Lipinski definition) is 3. The first-order chi connectivity index (χ1) is 9.67. The van der Waals surface area contributed by atoms with E-state index in [1.54, 1.807) is 18.2 Å². The molecule has 2 aromatic carbocycles. The molecule has 0 aromatic heterocycles. The summed E-state index contributed by atoms with van der Waals surface area (Å²) in [5.74, 6) is -0.342. The molecule has 2 rings (SSSR count). The second-order valence-electron chi connectivity index (χ2n) is 4.50. The second-order valence-corrected chi connectivity index (χ2v) is 4.50. The Hall–Kier alpha value is -2.10. The molecule has 0 amide bonds. The van der Waals surface area contributed by atoms with E-state index in [4.69, 9.17) is 9.47 Å². The van der Waals surface area contributed by atoms with Gasteiger partial charge in [0.2, 0.25) is 0 Å². The summed E-state index contributed by atoms with van der Waals surface area (Å²) in [6, 6.07) is 7.66. The molecule has 0 spiro atoms. The molecule has 0 saturated carbocycles. The van der Waals surface area contributed by atoms with Gasteiger partial charge in [-0.1, -0.05) is 25.5 Å². The lowest BCUT2D eigenvalue weighted by atomic mass is 10.0. The minimum Gasteiger partial charge on any atom is -0.496 e. The number of unbranched alkanes of at least 4 members (excludes halogenated alkanes) is 1. The first-order valence-corrected chi connectivity index (χ1v) is 6.60. The standard InChI is InChI=1S/C16H17FO3/c1-3-4-9-20-16(18)15-13-7-6-12(17)10-11(13)5-8-14(15)19-2/h5-8,10H,3-4,9H2,1-2H3. The molecule has 0 bridgehead atoms. The van der Waals surface area contributed by atoms with Gasteiger partial charge in [0.25, 0.3) is 0 Å². The van der Waals surface area contributed by atoms with E-state index in [0.717, 1.165) is 12.8 Å². The minimum absolute atomic E-state index is 0.340. The smallest absolute Gasteiger partial charge is 0.342 e. The van der Waals surface area contributed by atoms with Crippen LogP contribution in [0.15, 0.2) is 30.3 Å². The number of ether oxygens (including phenoxy) is 2. The van der Waals surface area contributed by atoms with Crippen LogP contribution in [-0.2, 0) is 4.74 Å². The maximum absolute atomic E-state index is 13.3. The van der Waals surface area contributed by atoms with Crippen molar-refractivity contribution >= 4 is 16.7 Å². The predicted octanol–water partition coefficient (Wildman–Crippen LogP) is 3.94. The second kappa shape index (κ2) is 6.37. The van der Waals surface area contributed by atoms with Gasteiger partial charge in [0.05, 0.1) is 13.7 Å². The minimum atomic E-state index is -0.437. The highest BCUT2D eigenvalue weighted by molar-refractivity contribution is 6.07. The summed E-state index contributed by atoms with van der Waals surface area (Å²) in [6.07, 6.45) is 1.76. The van der Waals surface area contributed by atoms with E-state index in [1.165, 1.54) is 19.2 Å². The molecule has 20 heavy (non-hydrogen) atoms. The molecule has 3 nitrogen and oxygen atoms in total. The number of methoxy groups -OCH3 is 1. The highest BCUT2D eigenvalue weighted by Gasteiger charge is 2.17. The van der Waals surface area contributed by atoms with Gasteiger partial charge in [-0.05, 0) is 30.0 Å².